The molecule has 2 rings (SSSR count). The third-order valence-corrected chi connectivity index (χ3v) is 2.77. The van der Waals surface area contributed by atoms with Crippen LogP contribution in [0, 0.1) is 6.42 Å². The van der Waals surface area contributed by atoms with Crippen molar-refractivity contribution in [1.29, 1.82) is 0 Å². The molecule has 2 nitrogen and oxygen atoms in total. The molecule has 0 aliphatic carbocycles. The maximum absolute atomic E-state index is 11.4. The van der Waals surface area contributed by atoms with Gasteiger partial charge in [0.1, 0.15) is 0 Å². The molecule has 0 unspecified atom stereocenters. The molecule has 0 bridgehead atoms. The van der Waals surface area contributed by atoms with Gasteiger partial charge in [0.2, 0.25) is 0 Å². The van der Waals surface area contributed by atoms with E-state index in [4.69, 9.17) is 0 Å². The van der Waals surface area contributed by atoms with Crippen LogP contribution >= 0.6 is 0 Å². The molecule has 0 atom stereocenters. The van der Waals surface area contributed by atoms with Crippen molar-refractivity contribution < 1.29 is 37.5 Å². The van der Waals surface area contributed by atoms with Gasteiger partial charge in [0.25, 0.3) is 0 Å². The van der Waals surface area contributed by atoms with Crippen LogP contribution < -0.4 is 5.32 Å². The summed E-state index contributed by atoms with van der Waals surface area (Å²) >= 11 is 0. The zero-order valence-corrected chi connectivity index (χ0v) is 13.8. The number of carbonyl (C=O) groups is 1. The van der Waals surface area contributed by atoms with Crippen LogP contribution in [0.15, 0.2) is 54.6 Å². The Labute approximate surface area is 139 Å². The third kappa shape index (κ3) is 4.81. The first kappa shape index (κ1) is 15.9. The summed E-state index contributed by atoms with van der Waals surface area (Å²) in [5.41, 5.74) is 3.24. The predicted octanol–water partition coefficient (Wildman–Crippen LogP) is 3.44. The molecule has 1 radical (unpaired) electrons. The standard InChI is InChI=1S/C16H16NO.Y/c1-2-16(18)17-15-11-7-6-10-14(15)12-13-8-4-3-5-9-13;/h2-11H,12H2,1H3,(H,17,18);/q-1;. The molecule has 0 heterocycles. The van der Waals surface area contributed by atoms with Crippen molar-refractivity contribution >= 4 is 11.6 Å². The summed E-state index contributed by atoms with van der Waals surface area (Å²) in [5, 5.41) is 2.89. The van der Waals surface area contributed by atoms with Crippen molar-refractivity contribution in [3.63, 3.8) is 0 Å². The molecule has 2 aromatic rings. The SMILES string of the molecule is C[CH-]C(=O)Nc1ccccc1Cc1ccccc1.[Y]. The van der Waals surface area contributed by atoms with Gasteiger partial charge in [-0.2, -0.15) is 6.92 Å². The second kappa shape index (κ2) is 8.13. The minimum Gasteiger partial charge on any atom is -0.351 e. The first-order valence-corrected chi connectivity index (χ1v) is 6.02. The first-order valence-electron chi connectivity index (χ1n) is 6.02. The Hall–Kier alpha value is -1.12. The zero-order valence-electron chi connectivity index (χ0n) is 11.0. The molecule has 19 heavy (non-hydrogen) atoms. The van der Waals surface area contributed by atoms with Gasteiger partial charge < -0.3 is 16.5 Å². The van der Waals surface area contributed by atoms with Crippen molar-refractivity contribution in [2.45, 2.75) is 13.3 Å². The van der Waals surface area contributed by atoms with E-state index in [1.54, 1.807) is 6.92 Å². The number of amides is 1. The smallest absolute Gasteiger partial charge is 0.0866 e. The molecule has 0 aliphatic rings. The van der Waals surface area contributed by atoms with E-state index < -0.39 is 0 Å². The van der Waals surface area contributed by atoms with Crippen molar-refractivity contribution in [2.75, 3.05) is 5.32 Å². The fourth-order valence-electron chi connectivity index (χ4n) is 1.82. The summed E-state index contributed by atoms with van der Waals surface area (Å²) in [6.45, 7) is 1.73. The number of nitrogens with one attached hydrogen (secondary N) is 1. The van der Waals surface area contributed by atoms with E-state index in [2.05, 4.69) is 17.4 Å². The van der Waals surface area contributed by atoms with E-state index in [1.807, 2.05) is 42.5 Å². The van der Waals surface area contributed by atoms with Crippen LogP contribution in [0.5, 0.6) is 0 Å². The van der Waals surface area contributed by atoms with Gasteiger partial charge in [0.05, 0.1) is 5.91 Å². The number of benzene rings is 2. The Morgan fingerprint density at radius 2 is 1.68 bits per heavy atom. The first-order chi connectivity index (χ1) is 8.79. The van der Waals surface area contributed by atoms with Crippen molar-refractivity contribution in [1.82, 2.24) is 0 Å². The predicted molar refractivity (Wildman–Crippen MR) is 74.3 cm³/mol. The van der Waals surface area contributed by atoms with Crippen LogP contribution in [0.3, 0.4) is 0 Å². The normalized spacial score (nSPS) is 9.32. The van der Waals surface area contributed by atoms with Crippen LogP contribution in [0.4, 0.5) is 5.69 Å². The fourth-order valence-corrected chi connectivity index (χ4v) is 1.82. The summed E-state index contributed by atoms with van der Waals surface area (Å²) < 4.78 is 0. The Bertz CT molecular complexity index is 525. The molecule has 0 saturated heterocycles. The number of para-hydroxylation sites is 1. The molecule has 0 aliphatic heterocycles. The van der Waals surface area contributed by atoms with E-state index in [9.17, 15) is 4.79 Å². The van der Waals surface area contributed by atoms with E-state index >= 15 is 0 Å². The van der Waals surface area contributed by atoms with Crippen LogP contribution in [-0.2, 0) is 43.9 Å². The second-order valence-corrected chi connectivity index (χ2v) is 4.10. The molecule has 3 heteroatoms. The number of hydrogen-bond acceptors (Lipinski definition) is 1. The minimum atomic E-state index is -0.0736. The molecular formula is C16H16NOY-. The fraction of sp³-hybridized carbons (Fsp3) is 0.125. The van der Waals surface area contributed by atoms with Gasteiger partial charge >= 0.3 is 0 Å². The molecular weight excluding hydrogens is 311 g/mol. The topological polar surface area (TPSA) is 29.1 Å². The van der Waals surface area contributed by atoms with Gasteiger partial charge in [-0.3, -0.25) is 0 Å². The molecule has 1 N–H and O–H groups in total. The van der Waals surface area contributed by atoms with Crippen LogP contribution in [0.1, 0.15) is 18.1 Å². The van der Waals surface area contributed by atoms with Gasteiger partial charge in [0.15, 0.2) is 0 Å². The van der Waals surface area contributed by atoms with Gasteiger partial charge in [-0.15, -0.1) is 0 Å². The number of carbonyl (C=O) groups excluding carboxylic acids is 1. The second-order valence-electron chi connectivity index (χ2n) is 4.10. The maximum Gasteiger partial charge on any atom is 0.0866 e. The van der Waals surface area contributed by atoms with Gasteiger partial charge in [-0.1, -0.05) is 48.5 Å². The quantitative estimate of drug-likeness (QED) is 0.857. The molecule has 1 amide bonds. The van der Waals surface area contributed by atoms with Crippen LogP contribution in [-0.4, -0.2) is 5.91 Å². The van der Waals surface area contributed by atoms with Gasteiger partial charge in [-0.25, -0.2) is 0 Å². The molecule has 0 saturated carbocycles. The minimum absolute atomic E-state index is 0. The van der Waals surface area contributed by atoms with Gasteiger partial charge in [0, 0.05) is 38.4 Å². The van der Waals surface area contributed by atoms with Crippen LogP contribution in [0.25, 0.3) is 0 Å². The number of anilines is 1. The van der Waals surface area contributed by atoms with E-state index in [-0.39, 0.29) is 38.6 Å². The maximum atomic E-state index is 11.4. The summed E-state index contributed by atoms with van der Waals surface area (Å²) in [7, 11) is 0. The average Bonchev–Trinajstić information content (AvgIpc) is 2.42. The molecule has 0 aromatic heterocycles. The summed E-state index contributed by atoms with van der Waals surface area (Å²) in [6, 6.07) is 18.1. The molecule has 2 aromatic carbocycles. The molecule has 95 valence electrons. The summed E-state index contributed by atoms with van der Waals surface area (Å²) in [5.74, 6) is -0.0736. The van der Waals surface area contributed by atoms with Crippen LogP contribution in [0.2, 0.25) is 0 Å². The monoisotopic (exact) mass is 327 g/mol. The number of hydrogen-bond donors (Lipinski definition) is 1. The zero-order chi connectivity index (χ0) is 12.8. The Balaban J connectivity index is 0.00000180. The molecule has 0 spiro atoms. The van der Waals surface area contributed by atoms with E-state index in [1.165, 1.54) is 12.0 Å². The largest absolute Gasteiger partial charge is 0.351 e. The third-order valence-electron chi connectivity index (χ3n) is 2.77. The summed E-state index contributed by atoms with van der Waals surface area (Å²) in [6.07, 6.45) is 2.35. The Morgan fingerprint density at radius 1 is 1.05 bits per heavy atom. The summed E-state index contributed by atoms with van der Waals surface area (Å²) in [4.78, 5) is 11.4. The van der Waals surface area contributed by atoms with Gasteiger partial charge in [-0.05, 0) is 23.6 Å². The Morgan fingerprint density at radius 3 is 2.37 bits per heavy atom. The van der Waals surface area contributed by atoms with Crippen molar-refractivity contribution in [3.8, 4) is 0 Å². The molecule has 0 fully saturated rings. The van der Waals surface area contributed by atoms with E-state index in [0.717, 1.165) is 17.7 Å². The number of rotatable bonds is 4. The van der Waals surface area contributed by atoms with E-state index in [0.29, 0.717) is 0 Å². The van der Waals surface area contributed by atoms with Crippen molar-refractivity contribution in [3.05, 3.63) is 72.1 Å². The average molecular weight is 327 g/mol. The Kier molecular flexibility index (Phi) is 6.82. The van der Waals surface area contributed by atoms with Crippen molar-refractivity contribution in [2.24, 2.45) is 0 Å².